The lowest BCUT2D eigenvalue weighted by atomic mass is 10.2. The SMILES string of the molecule is C=C/C=C(C#N)\C=C\C#N. The zero-order valence-electron chi connectivity index (χ0n) is 5.41. The van der Waals surface area contributed by atoms with Gasteiger partial charge in [0.05, 0.1) is 17.7 Å². The average molecular weight is 130 g/mol. The molecule has 0 rings (SSSR count). The molecule has 0 aliphatic carbocycles. The van der Waals surface area contributed by atoms with Gasteiger partial charge in [-0.25, -0.2) is 0 Å². The Labute approximate surface area is 60.0 Å². The quantitative estimate of drug-likeness (QED) is 0.422. The molecule has 0 spiro atoms. The molecule has 0 aliphatic heterocycles. The van der Waals surface area contributed by atoms with Crippen LogP contribution in [0.2, 0.25) is 0 Å². The second kappa shape index (κ2) is 5.34. The molecular weight excluding hydrogens is 124 g/mol. The maximum absolute atomic E-state index is 8.36. The van der Waals surface area contributed by atoms with Crippen LogP contribution in [-0.2, 0) is 0 Å². The normalized spacial score (nSPS) is 10.4. The van der Waals surface area contributed by atoms with Gasteiger partial charge in [-0.3, -0.25) is 0 Å². The van der Waals surface area contributed by atoms with Gasteiger partial charge in [0, 0.05) is 6.08 Å². The van der Waals surface area contributed by atoms with Crippen LogP contribution in [-0.4, -0.2) is 0 Å². The zero-order chi connectivity index (χ0) is 7.82. The van der Waals surface area contributed by atoms with Crippen molar-refractivity contribution in [3.63, 3.8) is 0 Å². The smallest absolute Gasteiger partial charge is 0.0991 e. The van der Waals surface area contributed by atoms with E-state index in [-0.39, 0.29) is 0 Å². The van der Waals surface area contributed by atoms with Crippen LogP contribution >= 0.6 is 0 Å². The summed E-state index contributed by atoms with van der Waals surface area (Å²) in [6.45, 7) is 3.41. The third kappa shape index (κ3) is 3.23. The Morgan fingerprint density at radius 1 is 1.40 bits per heavy atom. The molecule has 0 heterocycles. The summed E-state index contributed by atoms with van der Waals surface area (Å²) in [5.41, 5.74) is 0.427. The van der Waals surface area contributed by atoms with E-state index in [1.807, 2.05) is 6.07 Å². The summed E-state index contributed by atoms with van der Waals surface area (Å²) in [6, 6.07) is 3.67. The number of hydrogen-bond acceptors (Lipinski definition) is 2. The van der Waals surface area contributed by atoms with E-state index in [0.29, 0.717) is 5.57 Å². The van der Waals surface area contributed by atoms with E-state index in [9.17, 15) is 0 Å². The van der Waals surface area contributed by atoms with Gasteiger partial charge in [-0.15, -0.1) is 0 Å². The molecule has 0 bridgehead atoms. The second-order valence-electron chi connectivity index (χ2n) is 1.43. The average Bonchev–Trinajstić information content (AvgIpc) is 1.98. The van der Waals surface area contributed by atoms with Gasteiger partial charge >= 0.3 is 0 Å². The van der Waals surface area contributed by atoms with E-state index in [1.165, 1.54) is 24.3 Å². The van der Waals surface area contributed by atoms with Crippen LogP contribution in [0.5, 0.6) is 0 Å². The van der Waals surface area contributed by atoms with Crippen molar-refractivity contribution in [3.8, 4) is 12.1 Å². The van der Waals surface area contributed by atoms with Gasteiger partial charge in [-0.1, -0.05) is 12.7 Å². The Morgan fingerprint density at radius 2 is 2.10 bits per heavy atom. The Hall–Kier alpha value is -1.80. The molecule has 48 valence electrons. The first kappa shape index (κ1) is 8.20. The van der Waals surface area contributed by atoms with Crippen molar-refractivity contribution >= 4 is 0 Å². The predicted molar refractivity (Wildman–Crippen MR) is 38.6 cm³/mol. The van der Waals surface area contributed by atoms with Gasteiger partial charge in [0.15, 0.2) is 0 Å². The van der Waals surface area contributed by atoms with Crippen molar-refractivity contribution in [2.75, 3.05) is 0 Å². The summed E-state index contributed by atoms with van der Waals surface area (Å²) in [7, 11) is 0. The van der Waals surface area contributed by atoms with E-state index in [0.717, 1.165) is 0 Å². The molecule has 2 heteroatoms. The van der Waals surface area contributed by atoms with E-state index in [4.69, 9.17) is 10.5 Å². The van der Waals surface area contributed by atoms with E-state index in [2.05, 4.69) is 6.58 Å². The Kier molecular flexibility index (Phi) is 4.38. The third-order valence-corrected chi connectivity index (χ3v) is 0.764. The molecule has 0 atom stereocenters. The van der Waals surface area contributed by atoms with Gasteiger partial charge < -0.3 is 0 Å². The summed E-state index contributed by atoms with van der Waals surface area (Å²) in [5.74, 6) is 0. The van der Waals surface area contributed by atoms with Gasteiger partial charge in [0.1, 0.15) is 0 Å². The maximum atomic E-state index is 8.36. The topological polar surface area (TPSA) is 47.6 Å². The van der Waals surface area contributed by atoms with Gasteiger partial charge in [0.2, 0.25) is 0 Å². The van der Waals surface area contributed by atoms with Crippen LogP contribution < -0.4 is 0 Å². The van der Waals surface area contributed by atoms with Crippen molar-refractivity contribution in [1.29, 1.82) is 10.5 Å². The molecule has 0 aliphatic rings. The van der Waals surface area contributed by atoms with E-state index < -0.39 is 0 Å². The summed E-state index contributed by atoms with van der Waals surface area (Å²) in [5, 5.41) is 16.4. The fraction of sp³-hybridized carbons (Fsp3) is 0. The molecule has 0 N–H and O–H groups in total. The molecule has 0 saturated carbocycles. The highest BCUT2D eigenvalue weighted by molar-refractivity contribution is 5.37. The van der Waals surface area contributed by atoms with Crippen LogP contribution in [0.1, 0.15) is 0 Å². The third-order valence-electron chi connectivity index (χ3n) is 0.764. The molecule has 2 nitrogen and oxygen atoms in total. The van der Waals surface area contributed by atoms with Crippen molar-refractivity contribution in [2.24, 2.45) is 0 Å². The number of allylic oxidation sites excluding steroid dienone is 5. The standard InChI is InChI=1S/C8H6N2/c1-2-4-8(7-10)5-3-6-9/h2-5H,1H2/b5-3+,8-4+. The molecule has 0 saturated heterocycles. The molecule has 10 heavy (non-hydrogen) atoms. The highest BCUT2D eigenvalue weighted by Gasteiger charge is 1.82. The monoisotopic (exact) mass is 130 g/mol. The number of hydrogen-bond donors (Lipinski definition) is 0. The van der Waals surface area contributed by atoms with Gasteiger partial charge in [-0.05, 0) is 12.2 Å². The van der Waals surface area contributed by atoms with Crippen molar-refractivity contribution in [3.05, 3.63) is 36.5 Å². The predicted octanol–water partition coefficient (Wildman–Crippen LogP) is 1.70. The summed E-state index contributed by atoms with van der Waals surface area (Å²) in [6.07, 6.45) is 5.72. The number of nitrogens with zero attached hydrogens (tertiary/aromatic N) is 2. The second-order valence-corrected chi connectivity index (χ2v) is 1.43. The largest absolute Gasteiger partial charge is 0.193 e. The minimum atomic E-state index is 0.427. The van der Waals surface area contributed by atoms with Crippen LogP contribution in [0.15, 0.2) is 36.5 Å². The first-order chi connectivity index (χ1) is 4.85. The summed E-state index contributed by atoms with van der Waals surface area (Å²) < 4.78 is 0. The lowest BCUT2D eigenvalue weighted by Crippen LogP contribution is -1.67. The van der Waals surface area contributed by atoms with E-state index in [1.54, 1.807) is 6.07 Å². The lowest BCUT2D eigenvalue weighted by molar-refractivity contribution is 1.49. The molecule has 0 radical (unpaired) electrons. The van der Waals surface area contributed by atoms with Gasteiger partial charge in [-0.2, -0.15) is 10.5 Å². The van der Waals surface area contributed by atoms with Crippen molar-refractivity contribution < 1.29 is 0 Å². The molecule has 0 aromatic rings. The van der Waals surface area contributed by atoms with Crippen LogP contribution in [0, 0.1) is 22.7 Å². The molecule has 0 fully saturated rings. The molecule has 0 aromatic heterocycles. The molecule has 0 aromatic carbocycles. The lowest BCUT2D eigenvalue weighted by Gasteiger charge is -1.78. The zero-order valence-corrected chi connectivity index (χ0v) is 5.41. The maximum Gasteiger partial charge on any atom is 0.0991 e. The van der Waals surface area contributed by atoms with Gasteiger partial charge in [0.25, 0.3) is 0 Å². The fourth-order valence-electron chi connectivity index (χ4n) is 0.384. The Balaban J connectivity index is 4.30. The molecular formula is C8H6N2. The number of rotatable bonds is 2. The minimum absolute atomic E-state index is 0.427. The van der Waals surface area contributed by atoms with Crippen LogP contribution in [0.25, 0.3) is 0 Å². The van der Waals surface area contributed by atoms with Crippen LogP contribution in [0.3, 0.4) is 0 Å². The van der Waals surface area contributed by atoms with Crippen LogP contribution in [0.4, 0.5) is 0 Å². The summed E-state index contributed by atoms with van der Waals surface area (Å²) >= 11 is 0. The highest BCUT2D eigenvalue weighted by Crippen LogP contribution is 1.93. The number of nitriles is 2. The first-order valence-corrected chi connectivity index (χ1v) is 2.64. The molecule has 0 amide bonds. The fourth-order valence-corrected chi connectivity index (χ4v) is 0.384. The molecule has 0 unspecified atom stereocenters. The van der Waals surface area contributed by atoms with Crippen molar-refractivity contribution in [1.82, 2.24) is 0 Å². The minimum Gasteiger partial charge on any atom is -0.193 e. The Morgan fingerprint density at radius 3 is 2.50 bits per heavy atom. The highest BCUT2D eigenvalue weighted by atomic mass is 14.2. The summed E-state index contributed by atoms with van der Waals surface area (Å²) in [4.78, 5) is 0. The Bertz CT molecular complexity index is 245. The van der Waals surface area contributed by atoms with Crippen molar-refractivity contribution in [2.45, 2.75) is 0 Å². The van der Waals surface area contributed by atoms with E-state index >= 15 is 0 Å². The first-order valence-electron chi connectivity index (χ1n) is 2.64.